The van der Waals surface area contributed by atoms with Gasteiger partial charge in [0.1, 0.15) is 6.10 Å². The second-order valence-electron chi connectivity index (χ2n) is 11.0. The third-order valence-corrected chi connectivity index (χ3v) is 9.27. The van der Waals surface area contributed by atoms with E-state index in [0.29, 0.717) is 17.4 Å². The third kappa shape index (κ3) is 3.33. The van der Waals surface area contributed by atoms with Crippen molar-refractivity contribution in [3.8, 4) is 6.07 Å². The van der Waals surface area contributed by atoms with Gasteiger partial charge in [-0.2, -0.15) is 5.26 Å². The normalized spacial score (nSPS) is 41.0. The first-order valence-corrected chi connectivity index (χ1v) is 12.3. The molecule has 3 aliphatic heterocycles. The Bertz CT molecular complexity index is 929. The van der Waals surface area contributed by atoms with Crippen molar-refractivity contribution >= 4 is 11.7 Å². The summed E-state index contributed by atoms with van der Waals surface area (Å²) in [6.45, 7) is 7.95. The van der Waals surface area contributed by atoms with Crippen LogP contribution in [0.1, 0.15) is 44.6 Å². The lowest BCUT2D eigenvalue weighted by molar-refractivity contribution is -0.147. The zero-order chi connectivity index (χ0) is 21.9. The van der Waals surface area contributed by atoms with Crippen LogP contribution in [0.15, 0.2) is 24.3 Å². The number of nitrogens with zero attached hydrogens (tertiary/aromatic N) is 3. The molecule has 170 valence electrons. The molecule has 6 unspecified atom stereocenters. The molecule has 32 heavy (non-hydrogen) atoms. The Kier molecular flexibility index (Phi) is 4.78. The summed E-state index contributed by atoms with van der Waals surface area (Å²) in [4.78, 5) is 17.8. The highest BCUT2D eigenvalue weighted by atomic mass is 16.6. The van der Waals surface area contributed by atoms with Gasteiger partial charge in [0.05, 0.1) is 29.8 Å². The topological polar surface area (TPSA) is 69.1 Å². The zero-order valence-corrected chi connectivity index (χ0v) is 19.0. The number of piperazine rings is 1. The molecule has 2 saturated carbocycles. The Morgan fingerprint density at radius 3 is 2.59 bits per heavy atom. The largest absolute Gasteiger partial charge is 0.462 e. The van der Waals surface area contributed by atoms with Gasteiger partial charge in [-0.3, -0.25) is 9.69 Å². The van der Waals surface area contributed by atoms with Gasteiger partial charge in [-0.15, -0.1) is 0 Å². The molecule has 0 amide bonds. The van der Waals surface area contributed by atoms with E-state index >= 15 is 0 Å². The van der Waals surface area contributed by atoms with Gasteiger partial charge in [0.15, 0.2) is 0 Å². The Morgan fingerprint density at radius 1 is 1.16 bits per heavy atom. The lowest BCUT2D eigenvalue weighted by atomic mass is 9.53. The van der Waals surface area contributed by atoms with E-state index < -0.39 is 0 Å². The van der Waals surface area contributed by atoms with Crippen LogP contribution < -0.4 is 4.90 Å². The number of esters is 1. The van der Waals surface area contributed by atoms with Gasteiger partial charge < -0.3 is 14.4 Å². The van der Waals surface area contributed by atoms with Gasteiger partial charge in [-0.25, -0.2) is 0 Å². The first-order valence-electron chi connectivity index (χ1n) is 12.3. The fourth-order valence-corrected chi connectivity index (χ4v) is 7.38. The SMILES string of the molecule is CC12CCCC3(CO3)C1CC1C(C2)OC(=O)C1CN1CCN(c2ccc(C#N)cc2)CC1. The van der Waals surface area contributed by atoms with E-state index in [1.54, 1.807) is 0 Å². The van der Waals surface area contributed by atoms with Crippen LogP contribution in [0.25, 0.3) is 0 Å². The summed E-state index contributed by atoms with van der Waals surface area (Å²) in [6.07, 6.45) is 5.88. The summed E-state index contributed by atoms with van der Waals surface area (Å²) in [5.74, 6) is 0.956. The standard InChI is InChI=1S/C26H33N3O3/c1-25-7-2-8-26(17-31-26)23(25)13-20-21(24(30)32-22(20)14-25)16-28-9-11-29(12-10-28)19-5-3-18(15-27)4-6-19/h3-6,20-23H,2,7-14,16-17H2,1H3. The van der Waals surface area contributed by atoms with Crippen molar-refractivity contribution in [1.82, 2.24) is 4.90 Å². The molecule has 5 fully saturated rings. The minimum atomic E-state index is 0.00346. The summed E-state index contributed by atoms with van der Waals surface area (Å²) < 4.78 is 12.0. The molecule has 0 radical (unpaired) electrons. The number of fused-ring (bicyclic) bond motifs is 3. The number of hydrogen-bond donors (Lipinski definition) is 0. The highest BCUT2D eigenvalue weighted by molar-refractivity contribution is 5.75. The Labute approximate surface area is 190 Å². The van der Waals surface area contributed by atoms with E-state index in [-0.39, 0.29) is 29.0 Å². The molecule has 0 N–H and O–H groups in total. The minimum absolute atomic E-state index is 0.00346. The average Bonchev–Trinajstić information content (AvgIpc) is 3.51. The van der Waals surface area contributed by atoms with Gasteiger partial charge >= 0.3 is 5.97 Å². The maximum atomic E-state index is 12.9. The summed E-state index contributed by atoms with van der Waals surface area (Å²) in [7, 11) is 0. The fraction of sp³-hybridized carbons (Fsp3) is 0.692. The van der Waals surface area contributed by atoms with Gasteiger partial charge in [0.25, 0.3) is 0 Å². The van der Waals surface area contributed by atoms with Crippen molar-refractivity contribution in [2.45, 2.75) is 50.7 Å². The second kappa shape index (κ2) is 7.46. The Balaban J connectivity index is 1.10. The van der Waals surface area contributed by atoms with Gasteiger partial charge in [-0.05, 0) is 67.7 Å². The minimum Gasteiger partial charge on any atom is -0.462 e. The molecule has 3 heterocycles. The Hall–Kier alpha value is -2.10. The van der Waals surface area contributed by atoms with Crippen molar-refractivity contribution < 1.29 is 14.3 Å². The van der Waals surface area contributed by atoms with Crippen molar-refractivity contribution in [1.29, 1.82) is 5.26 Å². The number of nitriles is 1. The van der Waals surface area contributed by atoms with E-state index in [0.717, 1.165) is 52.2 Å². The average molecular weight is 436 g/mol. The van der Waals surface area contributed by atoms with Crippen LogP contribution in [0.3, 0.4) is 0 Å². The maximum absolute atomic E-state index is 12.9. The highest BCUT2D eigenvalue weighted by Crippen LogP contribution is 2.62. The molecule has 1 aromatic carbocycles. The first kappa shape index (κ1) is 20.5. The summed E-state index contributed by atoms with van der Waals surface area (Å²) in [5.41, 5.74) is 2.24. The molecular formula is C26H33N3O3. The Morgan fingerprint density at radius 2 is 1.91 bits per heavy atom. The number of epoxide rings is 1. The van der Waals surface area contributed by atoms with Crippen LogP contribution in [-0.4, -0.2) is 61.9 Å². The smallest absolute Gasteiger partial charge is 0.310 e. The van der Waals surface area contributed by atoms with Gasteiger partial charge in [0.2, 0.25) is 0 Å². The zero-order valence-electron chi connectivity index (χ0n) is 19.0. The summed E-state index contributed by atoms with van der Waals surface area (Å²) in [5, 5.41) is 9.01. The number of ether oxygens (including phenoxy) is 2. The summed E-state index contributed by atoms with van der Waals surface area (Å²) >= 11 is 0. The molecule has 6 rings (SSSR count). The molecule has 5 aliphatic rings. The molecule has 2 aliphatic carbocycles. The number of carbonyl (C=O) groups excluding carboxylic acids is 1. The number of anilines is 1. The molecule has 6 heteroatoms. The van der Waals surface area contributed by atoms with Gasteiger partial charge in [-0.1, -0.05) is 6.92 Å². The maximum Gasteiger partial charge on any atom is 0.310 e. The molecule has 3 saturated heterocycles. The molecule has 6 nitrogen and oxygen atoms in total. The molecule has 0 aromatic heterocycles. The van der Waals surface area contributed by atoms with E-state index in [4.69, 9.17) is 14.7 Å². The predicted octanol–water partition coefficient (Wildman–Crippen LogP) is 3.21. The number of benzene rings is 1. The first-order chi connectivity index (χ1) is 15.5. The van der Waals surface area contributed by atoms with E-state index in [1.807, 2.05) is 24.3 Å². The van der Waals surface area contributed by atoms with Crippen molar-refractivity contribution in [3.63, 3.8) is 0 Å². The lowest BCUT2D eigenvalue weighted by Gasteiger charge is -2.51. The molecular weight excluding hydrogens is 402 g/mol. The monoisotopic (exact) mass is 435 g/mol. The lowest BCUT2D eigenvalue weighted by Crippen LogP contribution is -2.52. The highest BCUT2D eigenvalue weighted by Gasteiger charge is 2.65. The predicted molar refractivity (Wildman–Crippen MR) is 120 cm³/mol. The van der Waals surface area contributed by atoms with Crippen molar-refractivity contribution in [3.05, 3.63) is 29.8 Å². The molecule has 6 atom stereocenters. The van der Waals surface area contributed by atoms with Crippen LogP contribution in [-0.2, 0) is 14.3 Å². The number of carbonyl (C=O) groups is 1. The number of rotatable bonds is 3. The number of hydrogen-bond acceptors (Lipinski definition) is 6. The van der Waals surface area contributed by atoms with Crippen LogP contribution in [0.5, 0.6) is 0 Å². The van der Waals surface area contributed by atoms with Crippen LogP contribution in [0.4, 0.5) is 5.69 Å². The fourth-order valence-electron chi connectivity index (χ4n) is 7.38. The van der Waals surface area contributed by atoms with Crippen molar-refractivity contribution in [2.24, 2.45) is 23.2 Å². The van der Waals surface area contributed by atoms with E-state index in [1.165, 1.54) is 24.9 Å². The quantitative estimate of drug-likeness (QED) is 0.536. The summed E-state index contributed by atoms with van der Waals surface area (Å²) in [6, 6.07) is 10.0. The van der Waals surface area contributed by atoms with E-state index in [9.17, 15) is 4.79 Å². The molecule has 1 spiro atoms. The molecule has 0 bridgehead atoms. The van der Waals surface area contributed by atoms with Crippen LogP contribution in [0, 0.1) is 34.5 Å². The van der Waals surface area contributed by atoms with Crippen LogP contribution >= 0.6 is 0 Å². The van der Waals surface area contributed by atoms with Crippen molar-refractivity contribution in [2.75, 3.05) is 44.2 Å². The molecule has 1 aromatic rings. The van der Waals surface area contributed by atoms with Gasteiger partial charge in [0, 0.05) is 44.3 Å². The van der Waals surface area contributed by atoms with E-state index in [2.05, 4.69) is 22.8 Å². The van der Waals surface area contributed by atoms with Crippen LogP contribution in [0.2, 0.25) is 0 Å². The third-order valence-electron chi connectivity index (χ3n) is 9.27. The second-order valence-corrected chi connectivity index (χ2v) is 11.0.